The lowest BCUT2D eigenvalue weighted by Crippen LogP contribution is -2.40. The molecule has 4 rings (SSSR count). The van der Waals surface area contributed by atoms with Crippen LogP contribution in [0.3, 0.4) is 0 Å². The van der Waals surface area contributed by atoms with Crippen molar-refractivity contribution in [2.45, 2.75) is 19.1 Å². The van der Waals surface area contributed by atoms with Crippen LogP contribution >= 0.6 is 11.6 Å². The lowest BCUT2D eigenvalue weighted by molar-refractivity contribution is 0.340. The first-order valence-electron chi connectivity index (χ1n) is 9.75. The van der Waals surface area contributed by atoms with E-state index in [4.69, 9.17) is 16.3 Å². The summed E-state index contributed by atoms with van der Waals surface area (Å²) in [6.07, 6.45) is 1.46. The smallest absolute Gasteiger partial charge is 0.129 e. The summed E-state index contributed by atoms with van der Waals surface area (Å²) < 4.78 is 20.1. The highest BCUT2D eigenvalue weighted by molar-refractivity contribution is 6.30. The third-order valence-electron chi connectivity index (χ3n) is 5.00. The fraction of sp³-hybridized carbons (Fsp3) is 0.167. The third-order valence-corrected chi connectivity index (χ3v) is 5.23. The van der Waals surface area contributed by atoms with Crippen LogP contribution in [0.2, 0.25) is 5.02 Å². The van der Waals surface area contributed by atoms with Crippen LogP contribution in [0.25, 0.3) is 5.70 Å². The van der Waals surface area contributed by atoms with Gasteiger partial charge in [0.05, 0.1) is 12.6 Å². The number of phenolic OH excluding ortho intramolecular Hbond substituents is 1. The van der Waals surface area contributed by atoms with Crippen LogP contribution in [0.5, 0.6) is 11.5 Å². The average molecular weight is 425 g/mol. The van der Waals surface area contributed by atoms with Gasteiger partial charge >= 0.3 is 0 Å². The predicted octanol–water partition coefficient (Wildman–Crippen LogP) is 5.56. The van der Waals surface area contributed by atoms with Gasteiger partial charge in [-0.2, -0.15) is 0 Å². The summed E-state index contributed by atoms with van der Waals surface area (Å²) in [5.41, 5.74) is 2.84. The van der Waals surface area contributed by atoms with Crippen LogP contribution in [0.4, 0.5) is 4.39 Å². The van der Waals surface area contributed by atoms with Crippen molar-refractivity contribution >= 4 is 17.3 Å². The van der Waals surface area contributed by atoms with Crippen molar-refractivity contribution in [1.29, 1.82) is 0 Å². The van der Waals surface area contributed by atoms with Crippen molar-refractivity contribution in [1.82, 2.24) is 10.6 Å². The van der Waals surface area contributed by atoms with Gasteiger partial charge in [-0.25, -0.2) is 4.39 Å². The third kappa shape index (κ3) is 4.27. The minimum Gasteiger partial charge on any atom is -0.508 e. The Hall–Kier alpha value is -3.02. The molecule has 1 heterocycles. The molecule has 0 spiro atoms. The number of phenols is 1. The van der Waals surface area contributed by atoms with Crippen molar-refractivity contribution in [3.63, 3.8) is 0 Å². The molecular formula is C24H22ClFN2O2. The molecule has 0 aromatic heterocycles. The van der Waals surface area contributed by atoms with Crippen LogP contribution in [0.15, 0.2) is 72.8 Å². The van der Waals surface area contributed by atoms with E-state index < -0.39 is 6.17 Å². The van der Waals surface area contributed by atoms with Crippen LogP contribution in [-0.4, -0.2) is 11.7 Å². The molecule has 3 N–H and O–H groups in total. The van der Waals surface area contributed by atoms with Crippen molar-refractivity contribution in [2.75, 3.05) is 6.61 Å². The number of benzene rings is 3. The van der Waals surface area contributed by atoms with E-state index in [9.17, 15) is 9.50 Å². The topological polar surface area (TPSA) is 53.5 Å². The minimum atomic E-state index is -0.499. The quantitative estimate of drug-likeness (QED) is 0.502. The highest BCUT2D eigenvalue weighted by Gasteiger charge is 2.27. The van der Waals surface area contributed by atoms with E-state index in [-0.39, 0.29) is 17.6 Å². The number of hydrogen-bond acceptors (Lipinski definition) is 4. The van der Waals surface area contributed by atoms with Crippen molar-refractivity contribution in [3.05, 3.63) is 100 Å². The molecule has 3 aromatic carbocycles. The van der Waals surface area contributed by atoms with Crippen molar-refractivity contribution < 1.29 is 14.2 Å². The average Bonchev–Trinajstić information content (AvgIpc) is 2.76. The van der Waals surface area contributed by atoms with Crippen LogP contribution < -0.4 is 15.4 Å². The number of hydrogen-bond donors (Lipinski definition) is 3. The monoisotopic (exact) mass is 424 g/mol. The summed E-state index contributed by atoms with van der Waals surface area (Å²) in [5.74, 6) is 0.586. The van der Waals surface area contributed by atoms with Gasteiger partial charge in [0, 0.05) is 21.8 Å². The van der Waals surface area contributed by atoms with E-state index >= 15 is 0 Å². The summed E-state index contributed by atoms with van der Waals surface area (Å²) in [7, 11) is 0. The molecule has 0 bridgehead atoms. The predicted molar refractivity (Wildman–Crippen MR) is 117 cm³/mol. The summed E-state index contributed by atoms with van der Waals surface area (Å²) in [6, 6.07) is 18.8. The molecule has 0 aliphatic carbocycles. The standard InChI is InChI=1S/C24H22ClFN2O2/c1-2-30-17-10-7-15(8-11-17)21-14-22(19-13-16(25)9-12-23(19)29)28-24(27-21)18-5-3-4-6-20(18)26/h3-14,22,24,27-29H,2H2,1H3. The van der Waals surface area contributed by atoms with Gasteiger partial charge in [-0.15, -0.1) is 0 Å². The number of nitrogens with one attached hydrogen (secondary N) is 2. The Morgan fingerprint density at radius 2 is 1.80 bits per heavy atom. The maximum atomic E-state index is 14.5. The van der Waals surface area contributed by atoms with Gasteiger partial charge in [-0.1, -0.05) is 29.8 Å². The highest BCUT2D eigenvalue weighted by Crippen LogP contribution is 2.35. The van der Waals surface area contributed by atoms with Gasteiger partial charge < -0.3 is 15.2 Å². The van der Waals surface area contributed by atoms with Gasteiger partial charge in [0.2, 0.25) is 0 Å². The first-order valence-corrected chi connectivity index (χ1v) is 10.1. The second-order valence-electron chi connectivity index (χ2n) is 6.98. The molecule has 0 fully saturated rings. The molecule has 0 saturated heterocycles. The van der Waals surface area contributed by atoms with E-state index in [0.717, 1.165) is 17.0 Å². The van der Waals surface area contributed by atoms with Gasteiger partial charge in [-0.3, -0.25) is 5.32 Å². The Labute approximate surface area is 180 Å². The molecule has 0 amide bonds. The van der Waals surface area contributed by atoms with Crippen LogP contribution in [0.1, 0.15) is 35.8 Å². The minimum absolute atomic E-state index is 0.119. The highest BCUT2D eigenvalue weighted by atomic mass is 35.5. The van der Waals surface area contributed by atoms with E-state index in [1.807, 2.05) is 37.3 Å². The van der Waals surface area contributed by atoms with E-state index in [0.29, 0.717) is 22.8 Å². The summed E-state index contributed by atoms with van der Waals surface area (Å²) in [5, 5.41) is 17.6. The Bertz CT molecular complexity index is 1070. The molecular weight excluding hydrogens is 403 g/mol. The van der Waals surface area contributed by atoms with Gasteiger partial charge in [0.25, 0.3) is 0 Å². The molecule has 4 nitrogen and oxygen atoms in total. The summed E-state index contributed by atoms with van der Waals surface area (Å²) >= 11 is 6.17. The Balaban J connectivity index is 1.75. The first-order chi connectivity index (χ1) is 14.5. The number of aromatic hydroxyl groups is 1. The van der Waals surface area contributed by atoms with Gasteiger partial charge in [-0.05, 0) is 67.1 Å². The van der Waals surface area contributed by atoms with Crippen LogP contribution in [0, 0.1) is 5.82 Å². The lowest BCUT2D eigenvalue weighted by Gasteiger charge is -2.33. The van der Waals surface area contributed by atoms with E-state index in [1.165, 1.54) is 6.07 Å². The second-order valence-corrected chi connectivity index (χ2v) is 7.42. The molecule has 3 aromatic rings. The van der Waals surface area contributed by atoms with Gasteiger partial charge in [0.15, 0.2) is 0 Å². The molecule has 1 aliphatic heterocycles. The summed E-state index contributed by atoms with van der Waals surface area (Å²) in [6.45, 7) is 2.53. The number of halogens is 2. The largest absolute Gasteiger partial charge is 0.508 e. The molecule has 0 radical (unpaired) electrons. The van der Waals surface area contributed by atoms with Crippen LogP contribution in [-0.2, 0) is 0 Å². The molecule has 1 aliphatic rings. The molecule has 6 heteroatoms. The fourth-order valence-electron chi connectivity index (χ4n) is 3.55. The zero-order valence-corrected chi connectivity index (χ0v) is 17.2. The zero-order valence-electron chi connectivity index (χ0n) is 16.4. The Morgan fingerprint density at radius 3 is 2.53 bits per heavy atom. The van der Waals surface area contributed by atoms with Crippen molar-refractivity contribution in [3.8, 4) is 11.5 Å². The Kier molecular flexibility index (Phi) is 5.93. The molecule has 2 atom stereocenters. The van der Waals surface area contributed by atoms with E-state index in [1.54, 1.807) is 36.4 Å². The SMILES string of the molecule is CCOc1ccc(C2=CC(c3cc(Cl)ccc3O)NC(c3ccccc3F)N2)cc1. The number of ether oxygens (including phenoxy) is 1. The van der Waals surface area contributed by atoms with Gasteiger partial charge in [0.1, 0.15) is 23.5 Å². The lowest BCUT2D eigenvalue weighted by atomic mass is 9.97. The molecule has 2 unspecified atom stereocenters. The molecule has 30 heavy (non-hydrogen) atoms. The fourth-order valence-corrected chi connectivity index (χ4v) is 3.73. The maximum Gasteiger partial charge on any atom is 0.129 e. The number of rotatable bonds is 5. The maximum absolute atomic E-state index is 14.5. The first kappa shape index (κ1) is 20.3. The second kappa shape index (κ2) is 8.78. The zero-order chi connectivity index (χ0) is 21.1. The Morgan fingerprint density at radius 1 is 1.03 bits per heavy atom. The molecule has 154 valence electrons. The van der Waals surface area contributed by atoms with E-state index in [2.05, 4.69) is 10.6 Å². The normalized spacial score (nSPS) is 18.4. The molecule has 0 saturated carbocycles. The summed E-state index contributed by atoms with van der Waals surface area (Å²) in [4.78, 5) is 0. The van der Waals surface area contributed by atoms with Crippen molar-refractivity contribution in [2.24, 2.45) is 0 Å².